The Morgan fingerprint density at radius 1 is 1.64 bits per heavy atom. The molecular weight excluding hydrogens is 184 g/mol. The van der Waals surface area contributed by atoms with Crippen LogP contribution in [-0.4, -0.2) is 32.8 Å². The molecule has 11 heavy (non-hydrogen) atoms. The van der Waals surface area contributed by atoms with Crippen LogP contribution < -0.4 is 0 Å². The van der Waals surface area contributed by atoms with Gasteiger partial charge in [-0.2, -0.15) is 0 Å². The first-order valence-corrected chi connectivity index (χ1v) is 5.82. The average Bonchev–Trinajstić information content (AvgIpc) is 2.00. The minimum absolute atomic E-state index is 0.178. The summed E-state index contributed by atoms with van der Waals surface area (Å²) in [6, 6.07) is 0. The van der Waals surface area contributed by atoms with E-state index in [1.165, 1.54) is 0 Å². The Labute approximate surface area is 75.4 Å². The van der Waals surface area contributed by atoms with Crippen LogP contribution in [0.25, 0.3) is 0 Å². The number of unbranched alkanes of at least 4 members (excludes halogenated alkanes) is 1. The zero-order valence-electron chi connectivity index (χ0n) is 6.75. The van der Waals surface area contributed by atoms with Crippen LogP contribution >= 0.6 is 11.6 Å². The van der Waals surface area contributed by atoms with Gasteiger partial charge in [-0.25, -0.2) is 0 Å². The van der Waals surface area contributed by atoms with Gasteiger partial charge in [0.2, 0.25) is 0 Å². The average molecular weight is 199 g/mol. The van der Waals surface area contributed by atoms with Crippen LogP contribution in [0.1, 0.15) is 19.8 Å². The van der Waals surface area contributed by atoms with E-state index in [4.69, 9.17) is 16.7 Å². The molecule has 0 aliphatic rings. The van der Waals surface area contributed by atoms with E-state index in [0.29, 0.717) is 11.5 Å². The largest absolute Gasteiger partial charge is 0.391 e. The summed E-state index contributed by atoms with van der Waals surface area (Å²) >= 11 is 5.35. The number of halogens is 1. The molecule has 0 aliphatic carbocycles. The molecule has 0 saturated carbocycles. The standard InChI is InChI=1S/C7H15ClO2S/c1-2-3-4-11(10)6-7(9)5-8/h7,9H,2-6H2,1H3/t7-,11-/m0/s1. The topological polar surface area (TPSA) is 37.3 Å². The van der Waals surface area contributed by atoms with Crippen LogP contribution in [0.3, 0.4) is 0 Å². The third-order valence-corrected chi connectivity index (χ3v) is 3.14. The first-order chi connectivity index (χ1) is 5.20. The molecule has 68 valence electrons. The summed E-state index contributed by atoms with van der Waals surface area (Å²) in [7, 11) is -0.884. The van der Waals surface area contributed by atoms with E-state index >= 15 is 0 Å². The Hall–Kier alpha value is 0.400. The molecule has 0 heterocycles. The lowest BCUT2D eigenvalue weighted by Gasteiger charge is -2.05. The van der Waals surface area contributed by atoms with Gasteiger partial charge < -0.3 is 5.11 Å². The second kappa shape index (κ2) is 7.07. The van der Waals surface area contributed by atoms with Crippen LogP contribution in [0, 0.1) is 0 Å². The van der Waals surface area contributed by atoms with Gasteiger partial charge in [0.15, 0.2) is 0 Å². The third kappa shape index (κ3) is 6.78. The molecule has 4 heteroatoms. The molecule has 0 aromatic rings. The van der Waals surface area contributed by atoms with E-state index in [-0.39, 0.29) is 5.88 Å². The third-order valence-electron chi connectivity index (χ3n) is 1.28. The van der Waals surface area contributed by atoms with Crippen molar-refractivity contribution in [2.24, 2.45) is 0 Å². The molecule has 1 N–H and O–H groups in total. The van der Waals surface area contributed by atoms with E-state index in [2.05, 4.69) is 6.92 Å². The molecule has 0 bridgehead atoms. The second-order valence-corrected chi connectivity index (χ2v) is 4.40. The van der Waals surface area contributed by atoms with Gasteiger partial charge in [-0.15, -0.1) is 11.6 Å². The first kappa shape index (κ1) is 11.4. The van der Waals surface area contributed by atoms with Gasteiger partial charge in [-0.1, -0.05) is 13.3 Å². The van der Waals surface area contributed by atoms with Crippen molar-refractivity contribution in [3.63, 3.8) is 0 Å². The van der Waals surface area contributed by atoms with Crippen molar-refractivity contribution in [1.82, 2.24) is 0 Å². The van der Waals surface area contributed by atoms with Crippen LogP contribution in [0.15, 0.2) is 0 Å². The van der Waals surface area contributed by atoms with E-state index in [1.807, 2.05) is 0 Å². The van der Waals surface area contributed by atoms with E-state index in [0.717, 1.165) is 12.8 Å². The molecule has 0 spiro atoms. The van der Waals surface area contributed by atoms with Crippen LogP contribution in [0.2, 0.25) is 0 Å². The number of rotatable bonds is 6. The summed E-state index contributed by atoms with van der Waals surface area (Å²) < 4.78 is 11.1. The van der Waals surface area contributed by atoms with Gasteiger partial charge in [0.1, 0.15) is 0 Å². The van der Waals surface area contributed by atoms with Crippen molar-refractivity contribution >= 4 is 22.4 Å². The summed E-state index contributed by atoms with van der Waals surface area (Å²) in [6.07, 6.45) is 1.40. The Morgan fingerprint density at radius 2 is 2.27 bits per heavy atom. The highest BCUT2D eigenvalue weighted by molar-refractivity contribution is 7.85. The van der Waals surface area contributed by atoms with Crippen LogP contribution in [0.4, 0.5) is 0 Å². The quantitative estimate of drug-likeness (QED) is 0.650. The van der Waals surface area contributed by atoms with Crippen molar-refractivity contribution in [2.45, 2.75) is 25.9 Å². The fourth-order valence-corrected chi connectivity index (χ4v) is 2.21. The number of aliphatic hydroxyl groups excluding tert-OH is 1. The van der Waals surface area contributed by atoms with E-state index in [1.54, 1.807) is 0 Å². The number of aliphatic hydroxyl groups is 1. The molecule has 0 aromatic heterocycles. The minimum Gasteiger partial charge on any atom is -0.391 e. The molecule has 0 rings (SSSR count). The van der Waals surface area contributed by atoms with Crippen LogP contribution in [0.5, 0.6) is 0 Å². The smallest absolute Gasteiger partial charge is 0.0790 e. The zero-order valence-corrected chi connectivity index (χ0v) is 8.33. The van der Waals surface area contributed by atoms with Crippen molar-refractivity contribution in [1.29, 1.82) is 0 Å². The SMILES string of the molecule is CCCC[S@](=O)C[C@@H](O)CCl. The van der Waals surface area contributed by atoms with Gasteiger partial charge >= 0.3 is 0 Å². The zero-order chi connectivity index (χ0) is 8.69. The van der Waals surface area contributed by atoms with Gasteiger partial charge in [-0.05, 0) is 6.42 Å². The Bertz CT molecular complexity index is 119. The van der Waals surface area contributed by atoms with Gasteiger partial charge in [0.05, 0.1) is 11.9 Å². The van der Waals surface area contributed by atoms with E-state index < -0.39 is 16.9 Å². The summed E-state index contributed by atoms with van der Waals surface area (Å²) in [5.41, 5.74) is 0. The van der Waals surface area contributed by atoms with Gasteiger partial charge in [0, 0.05) is 22.4 Å². The molecule has 0 amide bonds. The highest BCUT2D eigenvalue weighted by atomic mass is 35.5. The molecular formula is C7H15ClO2S. The highest BCUT2D eigenvalue weighted by Gasteiger charge is 2.06. The lowest BCUT2D eigenvalue weighted by Crippen LogP contribution is -2.19. The monoisotopic (exact) mass is 198 g/mol. The maximum absolute atomic E-state index is 11.1. The summed E-state index contributed by atoms with van der Waals surface area (Å²) in [5.74, 6) is 1.19. The summed E-state index contributed by atoms with van der Waals surface area (Å²) in [6.45, 7) is 2.05. The Kier molecular flexibility index (Phi) is 7.33. The van der Waals surface area contributed by atoms with Crippen molar-refractivity contribution < 1.29 is 9.32 Å². The van der Waals surface area contributed by atoms with E-state index in [9.17, 15) is 4.21 Å². The summed E-state index contributed by atoms with van der Waals surface area (Å²) in [5, 5.41) is 9.00. The lowest BCUT2D eigenvalue weighted by molar-refractivity contribution is 0.222. The number of alkyl halides is 1. The number of hydrogen-bond donors (Lipinski definition) is 1. The van der Waals surface area contributed by atoms with Crippen molar-refractivity contribution in [3.8, 4) is 0 Å². The fourth-order valence-electron chi connectivity index (χ4n) is 0.648. The fraction of sp³-hybridized carbons (Fsp3) is 1.00. The Morgan fingerprint density at radius 3 is 2.73 bits per heavy atom. The molecule has 0 radical (unpaired) electrons. The van der Waals surface area contributed by atoms with Gasteiger partial charge in [0.25, 0.3) is 0 Å². The number of hydrogen-bond acceptors (Lipinski definition) is 2. The summed E-state index contributed by atoms with van der Waals surface area (Å²) in [4.78, 5) is 0. The molecule has 0 fully saturated rings. The van der Waals surface area contributed by atoms with Gasteiger partial charge in [-0.3, -0.25) is 4.21 Å². The second-order valence-electron chi connectivity index (χ2n) is 2.47. The van der Waals surface area contributed by atoms with Crippen molar-refractivity contribution in [3.05, 3.63) is 0 Å². The molecule has 2 nitrogen and oxygen atoms in total. The molecule has 2 atom stereocenters. The molecule has 0 aromatic carbocycles. The van der Waals surface area contributed by atoms with Crippen molar-refractivity contribution in [2.75, 3.05) is 17.4 Å². The maximum atomic E-state index is 11.1. The first-order valence-electron chi connectivity index (χ1n) is 3.79. The van der Waals surface area contributed by atoms with Crippen LogP contribution in [-0.2, 0) is 10.8 Å². The molecule has 0 aliphatic heterocycles. The predicted molar refractivity (Wildman–Crippen MR) is 49.5 cm³/mol. The highest BCUT2D eigenvalue weighted by Crippen LogP contribution is 1.96. The predicted octanol–water partition coefficient (Wildman–Crippen LogP) is 1.13. The minimum atomic E-state index is -0.884. The molecule has 0 saturated heterocycles. The molecule has 0 unspecified atom stereocenters. The maximum Gasteiger partial charge on any atom is 0.0790 e. The normalized spacial score (nSPS) is 16.3. The lowest BCUT2D eigenvalue weighted by atomic mass is 10.4. The Balaban J connectivity index is 3.36.